The van der Waals surface area contributed by atoms with E-state index in [1.807, 2.05) is 24.3 Å². The average Bonchev–Trinajstić information content (AvgIpc) is 2.68. The number of aromatic nitrogens is 2. The van der Waals surface area contributed by atoms with Gasteiger partial charge in [0.05, 0.1) is 0 Å². The maximum atomic E-state index is 4.24. The first-order valence-corrected chi connectivity index (χ1v) is 6.49. The zero-order chi connectivity index (χ0) is 12.3. The Balaban J connectivity index is 2.03. The van der Waals surface area contributed by atoms with Gasteiger partial charge in [-0.3, -0.25) is 5.10 Å². The molecule has 0 aliphatic carbocycles. The molecule has 1 aromatic carbocycles. The van der Waals surface area contributed by atoms with Crippen LogP contribution in [-0.2, 0) is 6.42 Å². The third kappa shape index (κ3) is 3.60. The van der Waals surface area contributed by atoms with Crippen molar-refractivity contribution in [3.8, 4) is 0 Å². The summed E-state index contributed by atoms with van der Waals surface area (Å²) in [7, 11) is 0. The number of hydrogen-bond donors (Lipinski definition) is 2. The topological polar surface area (TPSA) is 40.7 Å². The van der Waals surface area contributed by atoms with Crippen molar-refractivity contribution in [1.82, 2.24) is 10.2 Å². The van der Waals surface area contributed by atoms with E-state index < -0.39 is 0 Å². The zero-order valence-corrected chi connectivity index (χ0v) is 11.6. The fourth-order valence-electron chi connectivity index (χ4n) is 1.65. The molecule has 2 N–H and O–H groups in total. The molecule has 90 valence electrons. The van der Waals surface area contributed by atoms with Crippen LogP contribution >= 0.6 is 15.9 Å². The first-order valence-electron chi connectivity index (χ1n) is 5.70. The third-order valence-corrected chi connectivity index (χ3v) is 2.90. The van der Waals surface area contributed by atoms with E-state index in [4.69, 9.17) is 0 Å². The second-order valence-corrected chi connectivity index (χ2v) is 5.42. The normalized spacial score (nSPS) is 10.8. The third-order valence-electron chi connectivity index (χ3n) is 2.38. The SMILES string of the molecule is CC(C)Cc1cc(Nc2ccc(Br)cc2)n[nH]1. The molecule has 0 radical (unpaired) electrons. The van der Waals surface area contributed by atoms with E-state index in [1.165, 1.54) is 5.69 Å². The van der Waals surface area contributed by atoms with Gasteiger partial charge in [-0.1, -0.05) is 29.8 Å². The van der Waals surface area contributed by atoms with Gasteiger partial charge in [-0.15, -0.1) is 0 Å². The minimum atomic E-state index is 0.635. The monoisotopic (exact) mass is 293 g/mol. The fourth-order valence-corrected chi connectivity index (χ4v) is 1.92. The van der Waals surface area contributed by atoms with Crippen LogP contribution in [0, 0.1) is 5.92 Å². The van der Waals surface area contributed by atoms with E-state index in [9.17, 15) is 0 Å². The van der Waals surface area contributed by atoms with E-state index >= 15 is 0 Å². The number of nitrogens with zero attached hydrogens (tertiary/aromatic N) is 1. The Kier molecular flexibility index (Phi) is 3.84. The van der Waals surface area contributed by atoms with Gasteiger partial charge in [0.25, 0.3) is 0 Å². The molecular weight excluding hydrogens is 278 g/mol. The Labute approximate surface area is 110 Å². The zero-order valence-electron chi connectivity index (χ0n) is 10.00. The quantitative estimate of drug-likeness (QED) is 0.890. The highest BCUT2D eigenvalue weighted by molar-refractivity contribution is 9.10. The molecule has 4 heteroatoms. The second kappa shape index (κ2) is 5.36. The van der Waals surface area contributed by atoms with Gasteiger partial charge in [0.2, 0.25) is 0 Å². The van der Waals surface area contributed by atoms with Crippen LogP contribution in [0.25, 0.3) is 0 Å². The van der Waals surface area contributed by atoms with Gasteiger partial charge in [0, 0.05) is 21.9 Å². The Morgan fingerprint density at radius 2 is 2.00 bits per heavy atom. The molecule has 0 aliphatic heterocycles. The van der Waals surface area contributed by atoms with Gasteiger partial charge in [0.1, 0.15) is 0 Å². The summed E-state index contributed by atoms with van der Waals surface area (Å²) in [6.45, 7) is 4.39. The number of nitrogens with one attached hydrogen (secondary N) is 2. The Morgan fingerprint density at radius 1 is 1.29 bits per heavy atom. The van der Waals surface area contributed by atoms with Crippen LogP contribution < -0.4 is 5.32 Å². The number of benzene rings is 1. The summed E-state index contributed by atoms with van der Waals surface area (Å²) in [6.07, 6.45) is 1.02. The molecule has 0 bridgehead atoms. The van der Waals surface area contributed by atoms with Crippen LogP contribution in [0.15, 0.2) is 34.8 Å². The van der Waals surface area contributed by atoms with Crippen molar-refractivity contribution in [2.75, 3.05) is 5.32 Å². The molecule has 17 heavy (non-hydrogen) atoms. The van der Waals surface area contributed by atoms with Crippen molar-refractivity contribution in [3.05, 3.63) is 40.5 Å². The number of anilines is 2. The average molecular weight is 294 g/mol. The van der Waals surface area contributed by atoms with Gasteiger partial charge in [0.15, 0.2) is 5.82 Å². The predicted molar refractivity (Wildman–Crippen MR) is 74.6 cm³/mol. The number of aromatic amines is 1. The van der Waals surface area contributed by atoms with Crippen LogP contribution in [0.2, 0.25) is 0 Å². The predicted octanol–water partition coefficient (Wildman–Crippen LogP) is 4.11. The standard InChI is InChI=1S/C13H16BrN3/c1-9(2)7-12-8-13(17-16-12)15-11-5-3-10(14)4-6-11/h3-6,8-9H,7H2,1-2H3,(H2,15,16,17). The van der Waals surface area contributed by atoms with Crippen molar-refractivity contribution in [2.24, 2.45) is 5.92 Å². The Morgan fingerprint density at radius 3 is 2.65 bits per heavy atom. The molecule has 2 rings (SSSR count). The minimum absolute atomic E-state index is 0.635. The highest BCUT2D eigenvalue weighted by Gasteiger charge is 2.03. The lowest BCUT2D eigenvalue weighted by Crippen LogP contribution is -1.93. The van der Waals surface area contributed by atoms with Gasteiger partial charge < -0.3 is 5.32 Å². The van der Waals surface area contributed by atoms with Crippen molar-refractivity contribution >= 4 is 27.4 Å². The molecule has 0 saturated heterocycles. The van der Waals surface area contributed by atoms with Gasteiger partial charge in [-0.05, 0) is 36.6 Å². The number of halogens is 1. The molecule has 0 aliphatic rings. The molecule has 0 fully saturated rings. The summed E-state index contributed by atoms with van der Waals surface area (Å²) in [5.74, 6) is 1.50. The van der Waals surface area contributed by atoms with Crippen LogP contribution in [0.3, 0.4) is 0 Å². The lowest BCUT2D eigenvalue weighted by atomic mass is 10.1. The molecule has 0 amide bonds. The molecule has 2 aromatic rings. The number of hydrogen-bond acceptors (Lipinski definition) is 2. The summed E-state index contributed by atoms with van der Waals surface area (Å²) in [5.41, 5.74) is 2.20. The molecular formula is C13H16BrN3. The van der Waals surface area contributed by atoms with E-state index in [-0.39, 0.29) is 0 Å². The van der Waals surface area contributed by atoms with E-state index in [1.54, 1.807) is 0 Å². The molecule has 0 spiro atoms. The van der Waals surface area contributed by atoms with Crippen LogP contribution in [0.5, 0.6) is 0 Å². The maximum Gasteiger partial charge on any atom is 0.152 e. The second-order valence-electron chi connectivity index (χ2n) is 4.51. The van der Waals surface area contributed by atoms with Gasteiger partial charge in [-0.25, -0.2) is 0 Å². The largest absolute Gasteiger partial charge is 0.339 e. The first kappa shape index (κ1) is 12.2. The van der Waals surface area contributed by atoms with Crippen LogP contribution in [-0.4, -0.2) is 10.2 Å². The summed E-state index contributed by atoms with van der Waals surface area (Å²) in [6, 6.07) is 10.1. The minimum Gasteiger partial charge on any atom is -0.339 e. The molecule has 1 aromatic heterocycles. The van der Waals surface area contributed by atoms with Crippen LogP contribution in [0.1, 0.15) is 19.5 Å². The Bertz CT molecular complexity index is 474. The van der Waals surface area contributed by atoms with Crippen molar-refractivity contribution in [2.45, 2.75) is 20.3 Å². The molecule has 0 saturated carbocycles. The van der Waals surface area contributed by atoms with Gasteiger partial charge in [-0.2, -0.15) is 5.10 Å². The summed E-state index contributed by atoms with van der Waals surface area (Å²) in [4.78, 5) is 0. The summed E-state index contributed by atoms with van der Waals surface area (Å²) in [5, 5.41) is 10.5. The van der Waals surface area contributed by atoms with E-state index in [2.05, 4.69) is 51.4 Å². The molecule has 3 nitrogen and oxygen atoms in total. The smallest absolute Gasteiger partial charge is 0.152 e. The lowest BCUT2D eigenvalue weighted by molar-refractivity contribution is 0.634. The first-order chi connectivity index (χ1) is 8.13. The van der Waals surface area contributed by atoms with Crippen LogP contribution in [0.4, 0.5) is 11.5 Å². The number of H-pyrrole nitrogens is 1. The van der Waals surface area contributed by atoms with E-state index in [0.29, 0.717) is 5.92 Å². The van der Waals surface area contributed by atoms with Gasteiger partial charge >= 0.3 is 0 Å². The van der Waals surface area contributed by atoms with Crippen molar-refractivity contribution < 1.29 is 0 Å². The Hall–Kier alpha value is -1.29. The summed E-state index contributed by atoms with van der Waals surface area (Å²) >= 11 is 3.41. The fraction of sp³-hybridized carbons (Fsp3) is 0.308. The lowest BCUT2D eigenvalue weighted by Gasteiger charge is -2.02. The number of rotatable bonds is 4. The summed E-state index contributed by atoms with van der Waals surface area (Å²) < 4.78 is 1.07. The van der Waals surface area contributed by atoms with E-state index in [0.717, 1.165) is 22.4 Å². The highest BCUT2D eigenvalue weighted by atomic mass is 79.9. The maximum absolute atomic E-state index is 4.24. The molecule has 0 atom stereocenters. The van der Waals surface area contributed by atoms with Crippen molar-refractivity contribution in [3.63, 3.8) is 0 Å². The molecule has 0 unspecified atom stereocenters. The van der Waals surface area contributed by atoms with Crippen molar-refractivity contribution in [1.29, 1.82) is 0 Å². The molecule has 1 heterocycles. The highest BCUT2D eigenvalue weighted by Crippen LogP contribution is 2.19.